The van der Waals surface area contributed by atoms with Crippen molar-refractivity contribution in [2.45, 2.75) is 32.2 Å². The van der Waals surface area contributed by atoms with Gasteiger partial charge in [-0.1, -0.05) is 29.3 Å². The van der Waals surface area contributed by atoms with Gasteiger partial charge in [0.15, 0.2) is 4.77 Å². The Morgan fingerprint density at radius 3 is 2.94 bits per heavy atom. The molecule has 0 saturated heterocycles. The molecule has 1 aromatic carbocycles. The predicted octanol–water partition coefficient (Wildman–Crippen LogP) is 4.82. The molecule has 2 aromatic rings. The Hall–Kier alpha value is -0.610. The lowest BCUT2D eigenvalue weighted by atomic mass is 10.1. The summed E-state index contributed by atoms with van der Waals surface area (Å²) in [5.74, 6) is 0.722. The van der Waals surface area contributed by atoms with E-state index in [0.29, 0.717) is 6.04 Å². The molecule has 3 rings (SSSR count). The molecule has 2 atom stereocenters. The van der Waals surface area contributed by atoms with Gasteiger partial charge in [-0.2, -0.15) is 0 Å². The van der Waals surface area contributed by atoms with Crippen molar-refractivity contribution < 1.29 is 0 Å². The van der Waals surface area contributed by atoms with Gasteiger partial charge in [-0.25, -0.2) is 0 Å². The fraction of sp³-hybridized carbons (Fsp3) is 0.462. The molecule has 1 fully saturated rings. The van der Waals surface area contributed by atoms with E-state index in [-0.39, 0.29) is 0 Å². The van der Waals surface area contributed by atoms with Crippen LogP contribution in [0.2, 0.25) is 0 Å². The first-order valence-electron chi connectivity index (χ1n) is 6.06. The number of H-pyrrole nitrogens is 1. The maximum Gasteiger partial charge on any atom is 0.178 e. The third-order valence-electron chi connectivity index (χ3n) is 3.83. The van der Waals surface area contributed by atoms with Crippen molar-refractivity contribution in [3.63, 3.8) is 0 Å². The van der Waals surface area contributed by atoms with Gasteiger partial charge < -0.3 is 9.55 Å². The number of aromatic amines is 1. The van der Waals surface area contributed by atoms with E-state index in [4.69, 9.17) is 12.2 Å². The van der Waals surface area contributed by atoms with E-state index in [2.05, 4.69) is 50.6 Å². The summed E-state index contributed by atoms with van der Waals surface area (Å²) in [4.78, 5) is 3.31. The van der Waals surface area contributed by atoms with Gasteiger partial charge in [0.05, 0.1) is 11.0 Å². The molecule has 1 heterocycles. The normalized spacial score (nSPS) is 24.6. The number of imidazole rings is 1. The average Bonchev–Trinajstić information content (AvgIpc) is 2.81. The first-order valence-corrected chi connectivity index (χ1v) is 7.26. The minimum atomic E-state index is 0.561. The highest BCUT2D eigenvalue weighted by atomic mass is 79.9. The predicted molar refractivity (Wildman–Crippen MR) is 76.9 cm³/mol. The quantitative estimate of drug-likeness (QED) is 0.749. The van der Waals surface area contributed by atoms with E-state index in [1.54, 1.807) is 0 Å². The van der Waals surface area contributed by atoms with Crippen molar-refractivity contribution in [1.29, 1.82) is 0 Å². The van der Waals surface area contributed by atoms with Crippen LogP contribution in [0.5, 0.6) is 0 Å². The molecule has 0 aliphatic heterocycles. The lowest BCUT2D eigenvalue weighted by Crippen LogP contribution is -2.11. The Balaban J connectivity index is 2.24. The highest BCUT2D eigenvalue weighted by molar-refractivity contribution is 9.10. The summed E-state index contributed by atoms with van der Waals surface area (Å²) in [6, 6.07) is 6.86. The molecular weight excluding hydrogens is 296 g/mol. The van der Waals surface area contributed by atoms with Crippen molar-refractivity contribution in [1.82, 2.24) is 9.55 Å². The van der Waals surface area contributed by atoms with Crippen LogP contribution in [0.15, 0.2) is 22.7 Å². The molecule has 1 aromatic heterocycles. The van der Waals surface area contributed by atoms with E-state index >= 15 is 0 Å². The summed E-state index contributed by atoms with van der Waals surface area (Å²) in [7, 11) is 0. The van der Waals surface area contributed by atoms with E-state index in [1.165, 1.54) is 24.8 Å². The van der Waals surface area contributed by atoms with Gasteiger partial charge in [0.2, 0.25) is 0 Å². The highest BCUT2D eigenvalue weighted by Gasteiger charge is 2.26. The first-order chi connectivity index (χ1) is 8.16. The Bertz CT molecular complexity index is 613. The number of aromatic nitrogens is 2. The van der Waals surface area contributed by atoms with Gasteiger partial charge in [-0.3, -0.25) is 0 Å². The zero-order chi connectivity index (χ0) is 12.0. The van der Waals surface area contributed by atoms with Crippen LogP contribution in [0.25, 0.3) is 11.0 Å². The summed E-state index contributed by atoms with van der Waals surface area (Å²) in [5, 5.41) is 0. The molecule has 4 heteroatoms. The number of nitrogens with zero attached hydrogens (tertiary/aromatic N) is 1. The number of benzene rings is 1. The number of rotatable bonds is 1. The molecule has 0 bridgehead atoms. The smallest absolute Gasteiger partial charge is 0.178 e. The van der Waals surface area contributed by atoms with Crippen LogP contribution in [0.3, 0.4) is 0 Å². The number of hydrogen-bond donors (Lipinski definition) is 1. The largest absolute Gasteiger partial charge is 0.331 e. The number of halogens is 1. The van der Waals surface area contributed by atoms with E-state index < -0.39 is 0 Å². The molecule has 0 spiro atoms. The Labute approximate surface area is 114 Å². The van der Waals surface area contributed by atoms with Gasteiger partial charge in [0.25, 0.3) is 0 Å². The second-order valence-electron chi connectivity index (χ2n) is 4.94. The summed E-state index contributed by atoms with van der Waals surface area (Å²) >= 11 is 9.02. The SMILES string of the molecule is CC1CCCC1n1c(=S)[nH]c2ccc(Br)cc21. The number of fused-ring (bicyclic) bond motifs is 1. The lowest BCUT2D eigenvalue weighted by molar-refractivity contribution is 0.413. The van der Waals surface area contributed by atoms with Crippen LogP contribution in [0, 0.1) is 10.7 Å². The van der Waals surface area contributed by atoms with Crippen molar-refractivity contribution in [3.8, 4) is 0 Å². The van der Waals surface area contributed by atoms with Gasteiger partial charge in [0, 0.05) is 10.5 Å². The van der Waals surface area contributed by atoms with Gasteiger partial charge in [-0.05, 0) is 49.2 Å². The minimum Gasteiger partial charge on any atom is -0.331 e. The van der Waals surface area contributed by atoms with Gasteiger partial charge in [-0.15, -0.1) is 0 Å². The molecule has 0 radical (unpaired) electrons. The Morgan fingerprint density at radius 2 is 2.24 bits per heavy atom. The molecule has 90 valence electrons. The van der Waals surface area contributed by atoms with E-state index in [9.17, 15) is 0 Å². The molecule has 1 N–H and O–H groups in total. The molecule has 0 amide bonds. The molecule has 2 unspecified atom stereocenters. The Kier molecular flexibility index (Phi) is 2.87. The molecule has 1 aliphatic rings. The molecule has 1 aliphatic carbocycles. The fourth-order valence-corrected chi connectivity index (χ4v) is 3.63. The minimum absolute atomic E-state index is 0.561. The lowest BCUT2D eigenvalue weighted by Gasteiger charge is -2.18. The fourth-order valence-electron chi connectivity index (χ4n) is 2.93. The summed E-state index contributed by atoms with van der Waals surface area (Å²) in [5.41, 5.74) is 2.36. The van der Waals surface area contributed by atoms with Crippen LogP contribution in [-0.2, 0) is 0 Å². The van der Waals surface area contributed by atoms with Crippen molar-refractivity contribution in [3.05, 3.63) is 27.4 Å². The first kappa shape index (κ1) is 11.5. The van der Waals surface area contributed by atoms with Gasteiger partial charge >= 0.3 is 0 Å². The van der Waals surface area contributed by atoms with Crippen LogP contribution in [0.4, 0.5) is 0 Å². The maximum absolute atomic E-state index is 5.48. The number of nitrogens with one attached hydrogen (secondary N) is 1. The summed E-state index contributed by atoms with van der Waals surface area (Å²) < 4.78 is 4.28. The van der Waals surface area contributed by atoms with Crippen molar-refractivity contribution in [2.75, 3.05) is 0 Å². The third-order valence-corrected chi connectivity index (χ3v) is 4.62. The second-order valence-corrected chi connectivity index (χ2v) is 6.24. The van der Waals surface area contributed by atoms with E-state index in [0.717, 1.165) is 20.7 Å². The summed E-state index contributed by atoms with van der Waals surface area (Å²) in [6.45, 7) is 2.33. The monoisotopic (exact) mass is 310 g/mol. The van der Waals surface area contributed by atoms with Crippen LogP contribution in [0.1, 0.15) is 32.2 Å². The second kappa shape index (κ2) is 4.25. The third kappa shape index (κ3) is 1.87. The average molecular weight is 311 g/mol. The van der Waals surface area contributed by atoms with Crippen LogP contribution >= 0.6 is 28.1 Å². The number of hydrogen-bond acceptors (Lipinski definition) is 1. The van der Waals surface area contributed by atoms with Crippen LogP contribution < -0.4 is 0 Å². The van der Waals surface area contributed by atoms with Gasteiger partial charge in [0.1, 0.15) is 0 Å². The molecule has 2 nitrogen and oxygen atoms in total. The zero-order valence-corrected chi connectivity index (χ0v) is 12.1. The van der Waals surface area contributed by atoms with Crippen molar-refractivity contribution >= 4 is 39.2 Å². The standard InChI is InChI=1S/C13H15BrN2S/c1-8-3-2-4-11(8)16-12-7-9(14)5-6-10(12)15-13(16)17/h5-8,11H,2-4H2,1H3,(H,15,17). The molecular formula is C13H15BrN2S. The highest BCUT2D eigenvalue weighted by Crippen LogP contribution is 2.37. The maximum atomic E-state index is 5.48. The van der Waals surface area contributed by atoms with Crippen LogP contribution in [-0.4, -0.2) is 9.55 Å². The zero-order valence-electron chi connectivity index (χ0n) is 9.74. The van der Waals surface area contributed by atoms with E-state index in [1.807, 2.05) is 0 Å². The Morgan fingerprint density at radius 1 is 1.41 bits per heavy atom. The molecule has 1 saturated carbocycles. The molecule has 17 heavy (non-hydrogen) atoms. The van der Waals surface area contributed by atoms with Crippen molar-refractivity contribution in [2.24, 2.45) is 5.92 Å². The summed E-state index contributed by atoms with van der Waals surface area (Å²) in [6.07, 6.45) is 3.87. The topological polar surface area (TPSA) is 20.7 Å².